The van der Waals surface area contributed by atoms with Gasteiger partial charge in [-0.15, -0.1) is 23.1 Å². The van der Waals surface area contributed by atoms with Gasteiger partial charge in [0.2, 0.25) is 11.8 Å². The number of carbonyl (C=O) groups is 1. The van der Waals surface area contributed by atoms with Crippen LogP contribution in [0.25, 0.3) is 0 Å². The molecule has 2 aromatic heterocycles. The first kappa shape index (κ1) is 13.7. The quantitative estimate of drug-likeness (QED) is 0.947. The molecule has 0 spiro atoms. The molecule has 0 aromatic carbocycles. The van der Waals surface area contributed by atoms with E-state index in [1.165, 1.54) is 10.4 Å². The van der Waals surface area contributed by atoms with Gasteiger partial charge in [0.15, 0.2) is 0 Å². The van der Waals surface area contributed by atoms with Gasteiger partial charge in [0, 0.05) is 4.88 Å². The molecule has 0 bridgehead atoms. The van der Waals surface area contributed by atoms with Gasteiger partial charge in [0.1, 0.15) is 11.0 Å². The Labute approximate surface area is 126 Å². The van der Waals surface area contributed by atoms with Crippen molar-refractivity contribution in [2.45, 2.75) is 32.1 Å². The fourth-order valence-electron chi connectivity index (χ4n) is 2.23. The van der Waals surface area contributed by atoms with E-state index in [2.05, 4.69) is 21.7 Å². The number of oxazole rings is 1. The van der Waals surface area contributed by atoms with Crippen LogP contribution in [-0.4, -0.2) is 16.6 Å². The molecule has 0 unspecified atom stereocenters. The molecule has 1 N–H and O–H groups in total. The van der Waals surface area contributed by atoms with Crippen molar-refractivity contribution in [3.05, 3.63) is 39.2 Å². The number of thioether (sulfide) groups is 1. The second-order valence-electron chi connectivity index (χ2n) is 4.77. The van der Waals surface area contributed by atoms with Crippen LogP contribution in [0.5, 0.6) is 0 Å². The Bertz CT molecular complexity index is 613. The Morgan fingerprint density at radius 2 is 2.40 bits per heavy atom. The molecule has 106 valence electrons. The van der Waals surface area contributed by atoms with E-state index in [0.29, 0.717) is 12.4 Å². The highest BCUT2D eigenvalue weighted by Crippen LogP contribution is 2.39. The first-order valence-corrected chi connectivity index (χ1v) is 8.46. The van der Waals surface area contributed by atoms with E-state index < -0.39 is 0 Å². The minimum absolute atomic E-state index is 0.0443. The zero-order valence-corrected chi connectivity index (χ0v) is 13.1. The van der Waals surface area contributed by atoms with Crippen molar-refractivity contribution in [3.63, 3.8) is 0 Å². The summed E-state index contributed by atoms with van der Waals surface area (Å²) >= 11 is 3.45. The van der Waals surface area contributed by atoms with Crippen molar-refractivity contribution in [2.24, 2.45) is 0 Å². The van der Waals surface area contributed by atoms with Crippen molar-refractivity contribution in [1.82, 2.24) is 10.3 Å². The number of hydrogen-bond donors (Lipinski definition) is 1. The van der Waals surface area contributed by atoms with Crippen molar-refractivity contribution < 1.29 is 9.21 Å². The van der Waals surface area contributed by atoms with Crippen LogP contribution in [-0.2, 0) is 17.8 Å². The molecule has 0 radical (unpaired) electrons. The molecule has 3 heterocycles. The molecule has 1 aliphatic heterocycles. The molecule has 0 fully saturated rings. The molecular weight excluding hydrogens is 292 g/mol. The standard InChI is InChI=1S/C14H16N2O2S2/c1-8-9(2)18-12(16-8)7-15-14(17)13-10-3-5-19-11(10)4-6-20-13/h3,5,13H,4,6-7H2,1-2H3,(H,15,17)/t13-/m1/s1. The third kappa shape index (κ3) is 2.62. The number of nitrogens with one attached hydrogen (secondary N) is 1. The summed E-state index contributed by atoms with van der Waals surface area (Å²) in [6, 6.07) is 2.07. The monoisotopic (exact) mass is 308 g/mol. The van der Waals surface area contributed by atoms with Crippen LogP contribution in [0.1, 0.15) is 33.0 Å². The second kappa shape index (κ2) is 5.61. The second-order valence-corrected chi connectivity index (χ2v) is 6.98. The van der Waals surface area contributed by atoms with Crippen molar-refractivity contribution in [2.75, 3.05) is 5.75 Å². The third-order valence-electron chi connectivity index (χ3n) is 3.40. The number of aromatic nitrogens is 1. The van der Waals surface area contributed by atoms with Gasteiger partial charge >= 0.3 is 0 Å². The van der Waals surface area contributed by atoms with Crippen LogP contribution < -0.4 is 5.32 Å². The summed E-state index contributed by atoms with van der Waals surface area (Å²) in [6.45, 7) is 4.13. The largest absolute Gasteiger partial charge is 0.444 e. The summed E-state index contributed by atoms with van der Waals surface area (Å²) in [5.41, 5.74) is 2.05. The average molecular weight is 308 g/mol. The SMILES string of the molecule is Cc1nc(CNC(=O)[C@@H]2SCCc3sccc32)oc1C. The summed E-state index contributed by atoms with van der Waals surface area (Å²) in [6.07, 6.45) is 1.07. The lowest BCUT2D eigenvalue weighted by atomic mass is 10.1. The Morgan fingerprint density at radius 1 is 1.55 bits per heavy atom. The lowest BCUT2D eigenvalue weighted by Crippen LogP contribution is -2.29. The smallest absolute Gasteiger partial charge is 0.238 e. The lowest BCUT2D eigenvalue weighted by molar-refractivity contribution is -0.120. The first-order valence-electron chi connectivity index (χ1n) is 6.53. The summed E-state index contributed by atoms with van der Waals surface area (Å²) in [5.74, 6) is 2.42. The zero-order chi connectivity index (χ0) is 14.1. The molecule has 6 heteroatoms. The van der Waals surface area contributed by atoms with E-state index in [-0.39, 0.29) is 11.2 Å². The fourth-order valence-corrected chi connectivity index (χ4v) is 4.55. The van der Waals surface area contributed by atoms with Gasteiger partial charge in [-0.2, -0.15) is 0 Å². The van der Waals surface area contributed by atoms with Gasteiger partial charge in [0.05, 0.1) is 12.2 Å². The lowest BCUT2D eigenvalue weighted by Gasteiger charge is -2.21. The Kier molecular flexibility index (Phi) is 3.85. The van der Waals surface area contributed by atoms with Crippen LogP contribution in [0.3, 0.4) is 0 Å². The van der Waals surface area contributed by atoms with Crippen molar-refractivity contribution in [3.8, 4) is 0 Å². The molecule has 3 rings (SSSR count). The predicted octanol–water partition coefficient (Wildman–Crippen LogP) is 3.00. The highest BCUT2D eigenvalue weighted by Gasteiger charge is 2.28. The summed E-state index contributed by atoms with van der Waals surface area (Å²) in [4.78, 5) is 17.9. The number of rotatable bonds is 3. The van der Waals surface area contributed by atoms with Gasteiger partial charge in [-0.3, -0.25) is 4.79 Å². The van der Waals surface area contributed by atoms with Gasteiger partial charge < -0.3 is 9.73 Å². The normalized spacial score (nSPS) is 17.8. The number of aryl methyl sites for hydroxylation is 3. The molecule has 0 saturated carbocycles. The molecule has 0 saturated heterocycles. The molecule has 1 aliphatic rings. The highest BCUT2D eigenvalue weighted by atomic mass is 32.2. The Hall–Kier alpha value is -1.27. The van der Waals surface area contributed by atoms with E-state index in [1.54, 1.807) is 23.1 Å². The minimum Gasteiger partial charge on any atom is -0.444 e. The molecule has 0 aliphatic carbocycles. The number of fused-ring (bicyclic) bond motifs is 1. The maximum absolute atomic E-state index is 12.3. The number of amides is 1. The van der Waals surface area contributed by atoms with Crippen molar-refractivity contribution >= 4 is 29.0 Å². The molecular formula is C14H16N2O2S2. The van der Waals surface area contributed by atoms with Crippen LogP contribution in [0.15, 0.2) is 15.9 Å². The predicted molar refractivity (Wildman–Crippen MR) is 81.0 cm³/mol. The van der Waals surface area contributed by atoms with E-state index >= 15 is 0 Å². The number of thiophene rings is 1. The van der Waals surface area contributed by atoms with E-state index in [0.717, 1.165) is 23.6 Å². The van der Waals surface area contributed by atoms with Gasteiger partial charge in [-0.1, -0.05) is 0 Å². The average Bonchev–Trinajstić information content (AvgIpc) is 3.03. The van der Waals surface area contributed by atoms with Crippen LogP contribution in [0.2, 0.25) is 0 Å². The van der Waals surface area contributed by atoms with E-state index in [4.69, 9.17) is 4.42 Å². The summed E-state index contributed by atoms with van der Waals surface area (Å²) in [5, 5.41) is 4.90. The maximum atomic E-state index is 12.3. The molecule has 2 aromatic rings. The molecule has 20 heavy (non-hydrogen) atoms. The van der Waals surface area contributed by atoms with E-state index in [1.807, 2.05) is 13.8 Å². The molecule has 1 atom stereocenters. The van der Waals surface area contributed by atoms with Gasteiger partial charge in [-0.05, 0) is 43.0 Å². The maximum Gasteiger partial charge on any atom is 0.238 e. The van der Waals surface area contributed by atoms with Crippen molar-refractivity contribution in [1.29, 1.82) is 0 Å². The summed E-state index contributed by atoms with van der Waals surface area (Å²) in [7, 11) is 0. The Balaban J connectivity index is 1.66. The van der Waals surface area contributed by atoms with Crippen LogP contribution in [0.4, 0.5) is 0 Å². The van der Waals surface area contributed by atoms with Crippen LogP contribution in [0, 0.1) is 13.8 Å². The zero-order valence-electron chi connectivity index (χ0n) is 11.4. The third-order valence-corrected chi connectivity index (χ3v) is 5.64. The molecule has 4 nitrogen and oxygen atoms in total. The fraction of sp³-hybridized carbons (Fsp3) is 0.429. The number of hydrogen-bond acceptors (Lipinski definition) is 5. The Morgan fingerprint density at radius 3 is 3.15 bits per heavy atom. The number of carbonyl (C=O) groups excluding carboxylic acids is 1. The topological polar surface area (TPSA) is 55.1 Å². The first-order chi connectivity index (χ1) is 9.65. The van der Waals surface area contributed by atoms with Gasteiger partial charge in [0.25, 0.3) is 0 Å². The van der Waals surface area contributed by atoms with E-state index in [9.17, 15) is 4.79 Å². The highest BCUT2D eigenvalue weighted by molar-refractivity contribution is 8.00. The van der Waals surface area contributed by atoms with Crippen LogP contribution >= 0.6 is 23.1 Å². The van der Waals surface area contributed by atoms with Gasteiger partial charge in [-0.25, -0.2) is 4.98 Å². The number of nitrogens with zero attached hydrogens (tertiary/aromatic N) is 1. The molecule has 1 amide bonds. The minimum atomic E-state index is -0.0952. The summed E-state index contributed by atoms with van der Waals surface area (Å²) < 4.78 is 5.48.